The zero-order valence-corrected chi connectivity index (χ0v) is 15.1. The van der Waals surface area contributed by atoms with Crippen molar-refractivity contribution in [3.63, 3.8) is 0 Å². The lowest BCUT2D eigenvalue weighted by Gasteiger charge is -2.54. The summed E-state index contributed by atoms with van der Waals surface area (Å²) >= 11 is 0. The van der Waals surface area contributed by atoms with Gasteiger partial charge in [-0.2, -0.15) is 0 Å². The predicted octanol–water partition coefficient (Wildman–Crippen LogP) is 4.43. The minimum Gasteiger partial charge on any atom is -0.376 e. The van der Waals surface area contributed by atoms with E-state index < -0.39 is 0 Å². The molecule has 0 amide bonds. The second kappa shape index (κ2) is 5.72. The number of hydrogen-bond donors (Lipinski definition) is 0. The topological polar surface area (TPSA) is 9.23 Å². The zero-order chi connectivity index (χ0) is 16.8. The summed E-state index contributed by atoms with van der Waals surface area (Å²) in [5.74, 6) is 0. The van der Waals surface area contributed by atoms with E-state index in [1.807, 2.05) is 0 Å². The van der Waals surface area contributed by atoms with E-state index in [0.717, 1.165) is 37.2 Å². The van der Waals surface area contributed by atoms with Crippen molar-refractivity contribution in [3.8, 4) is 0 Å². The van der Waals surface area contributed by atoms with Crippen LogP contribution in [0.2, 0.25) is 0 Å². The van der Waals surface area contributed by atoms with Crippen molar-refractivity contribution in [2.45, 2.75) is 38.8 Å². The zero-order valence-electron chi connectivity index (χ0n) is 15.1. The maximum absolute atomic E-state index is 5.80. The third kappa shape index (κ3) is 1.84. The quantitative estimate of drug-likeness (QED) is 0.584. The van der Waals surface area contributed by atoms with Crippen LogP contribution in [0.25, 0.3) is 0 Å². The molecule has 24 heavy (non-hydrogen) atoms. The van der Waals surface area contributed by atoms with E-state index in [9.17, 15) is 0 Å². The summed E-state index contributed by atoms with van der Waals surface area (Å²) in [7, 11) is 0. The molecule has 0 aromatic heterocycles. The predicted molar refractivity (Wildman–Crippen MR) is 97.9 cm³/mol. The molecule has 0 spiro atoms. The number of fused-ring (bicyclic) bond motifs is 7. The van der Waals surface area contributed by atoms with Gasteiger partial charge in [-0.3, -0.25) is 0 Å². The monoisotopic (exact) mass is 322 g/mol. The van der Waals surface area contributed by atoms with Crippen molar-refractivity contribution < 1.29 is 9.22 Å². The van der Waals surface area contributed by atoms with Gasteiger partial charge in [0, 0.05) is 29.7 Å². The highest BCUT2D eigenvalue weighted by Gasteiger charge is 2.63. The first-order chi connectivity index (χ1) is 11.7. The number of rotatable bonds is 5. The number of nitrogens with zero attached hydrogens (tertiary/aromatic N) is 1. The van der Waals surface area contributed by atoms with Crippen LogP contribution in [0.5, 0.6) is 0 Å². The molecule has 2 aliphatic rings. The Kier molecular flexibility index (Phi) is 3.78. The molecule has 2 aliphatic heterocycles. The summed E-state index contributed by atoms with van der Waals surface area (Å²) in [6.45, 7) is 10.8. The van der Waals surface area contributed by atoms with Gasteiger partial charge in [0.05, 0.1) is 13.2 Å². The fourth-order valence-electron chi connectivity index (χ4n) is 5.55. The van der Waals surface area contributed by atoms with Crippen LogP contribution in [-0.4, -0.2) is 30.8 Å². The van der Waals surface area contributed by atoms with E-state index in [0.29, 0.717) is 6.04 Å². The van der Waals surface area contributed by atoms with Gasteiger partial charge < -0.3 is 9.22 Å². The second-order valence-corrected chi connectivity index (χ2v) is 7.31. The van der Waals surface area contributed by atoms with Crippen molar-refractivity contribution in [1.29, 1.82) is 0 Å². The maximum Gasteiger partial charge on any atom is 0.149 e. The summed E-state index contributed by atoms with van der Waals surface area (Å²) in [4.78, 5) is 0. The average Bonchev–Trinajstić information content (AvgIpc) is 2.75. The maximum atomic E-state index is 5.80. The normalized spacial score (nSPS) is 30.0. The third-order valence-electron chi connectivity index (χ3n) is 6.69. The first-order valence-corrected chi connectivity index (χ1v) is 9.31. The van der Waals surface area contributed by atoms with Crippen molar-refractivity contribution >= 4 is 0 Å². The number of hydrogen-bond acceptors (Lipinski definition) is 1. The van der Waals surface area contributed by atoms with Crippen LogP contribution in [0.15, 0.2) is 48.5 Å². The highest BCUT2D eigenvalue weighted by atomic mass is 16.5. The van der Waals surface area contributed by atoms with Gasteiger partial charge in [-0.05, 0) is 26.3 Å². The van der Waals surface area contributed by atoms with E-state index in [4.69, 9.17) is 4.74 Å². The van der Waals surface area contributed by atoms with Crippen LogP contribution in [0, 0.1) is 0 Å². The molecule has 2 aromatic rings. The van der Waals surface area contributed by atoms with Gasteiger partial charge >= 0.3 is 0 Å². The van der Waals surface area contributed by atoms with E-state index in [1.54, 1.807) is 5.56 Å². The lowest BCUT2D eigenvalue weighted by Crippen LogP contribution is -2.62. The Bertz CT molecular complexity index is 742. The largest absolute Gasteiger partial charge is 0.376 e. The molecular formula is C22H28NO+. The first kappa shape index (κ1) is 15.9. The third-order valence-corrected chi connectivity index (χ3v) is 6.69. The lowest BCUT2D eigenvalue weighted by atomic mass is 9.78. The highest BCUT2D eigenvalue weighted by Crippen LogP contribution is 2.60. The molecule has 2 nitrogen and oxygen atoms in total. The van der Waals surface area contributed by atoms with E-state index in [-0.39, 0.29) is 5.54 Å². The summed E-state index contributed by atoms with van der Waals surface area (Å²) in [5.41, 5.74) is 6.15. The molecule has 2 bridgehead atoms. The van der Waals surface area contributed by atoms with Crippen molar-refractivity contribution in [2.24, 2.45) is 0 Å². The molecule has 0 aliphatic carbocycles. The van der Waals surface area contributed by atoms with Gasteiger partial charge in [0.25, 0.3) is 0 Å². The smallest absolute Gasteiger partial charge is 0.149 e. The minimum atomic E-state index is 0.0297. The second-order valence-electron chi connectivity index (χ2n) is 7.31. The SMILES string of the molecule is CCOCC[N@+]1(CC)[C@@H]2Cc3ccccc3[C@@]1(C)c1ccccc12. The fourth-order valence-corrected chi connectivity index (χ4v) is 5.55. The number of likely N-dealkylation sites (N-methyl/N-ethyl adjacent to an activating group) is 1. The molecule has 2 aromatic carbocycles. The molecular weight excluding hydrogens is 294 g/mol. The minimum absolute atomic E-state index is 0.0297. The highest BCUT2D eigenvalue weighted by molar-refractivity contribution is 5.51. The standard InChI is InChI=1S/C22H28NO/c1-4-23(14-15-24-5-2)21-16-17-10-6-8-12-19(17)22(23,3)20-13-9-7-11-18(20)21/h6-13,21H,4-5,14-16H2,1-3H3/q+1/t21-,22+,23-/m1/s1. The molecule has 0 saturated heterocycles. The van der Waals surface area contributed by atoms with Gasteiger partial charge in [-0.15, -0.1) is 0 Å². The van der Waals surface area contributed by atoms with Crippen LogP contribution >= 0.6 is 0 Å². The number of quaternary nitrogens is 1. The molecule has 0 unspecified atom stereocenters. The molecule has 126 valence electrons. The first-order valence-electron chi connectivity index (χ1n) is 9.31. The molecule has 4 rings (SSSR count). The summed E-state index contributed by atoms with van der Waals surface area (Å²) in [6.07, 6.45) is 1.14. The van der Waals surface area contributed by atoms with E-state index in [2.05, 4.69) is 69.3 Å². The molecule has 0 N–H and O–H groups in total. The van der Waals surface area contributed by atoms with E-state index in [1.165, 1.54) is 16.7 Å². The number of ether oxygens (including phenoxy) is 1. The molecule has 0 saturated carbocycles. The van der Waals surface area contributed by atoms with Crippen molar-refractivity contribution in [2.75, 3.05) is 26.3 Å². The fraction of sp³-hybridized carbons (Fsp3) is 0.455. The van der Waals surface area contributed by atoms with Crippen LogP contribution < -0.4 is 0 Å². The summed E-state index contributed by atoms with van der Waals surface area (Å²) in [5, 5.41) is 0. The summed E-state index contributed by atoms with van der Waals surface area (Å²) in [6, 6.07) is 18.8. The Balaban J connectivity index is 1.94. The van der Waals surface area contributed by atoms with Crippen molar-refractivity contribution in [1.82, 2.24) is 0 Å². The van der Waals surface area contributed by atoms with Gasteiger partial charge in [-0.1, -0.05) is 48.5 Å². The van der Waals surface area contributed by atoms with Crippen LogP contribution in [-0.2, 0) is 16.7 Å². The van der Waals surface area contributed by atoms with Crippen LogP contribution in [0.4, 0.5) is 0 Å². The Morgan fingerprint density at radius 2 is 1.75 bits per heavy atom. The van der Waals surface area contributed by atoms with Gasteiger partial charge in [0.2, 0.25) is 0 Å². The van der Waals surface area contributed by atoms with Gasteiger partial charge in [0.15, 0.2) is 0 Å². The Morgan fingerprint density at radius 1 is 1.04 bits per heavy atom. The summed E-state index contributed by atoms with van der Waals surface area (Å²) < 4.78 is 6.90. The average molecular weight is 322 g/mol. The molecule has 0 fully saturated rings. The Morgan fingerprint density at radius 3 is 2.50 bits per heavy atom. The molecule has 2 heteroatoms. The molecule has 0 radical (unpaired) electrons. The Labute approximate surface area is 145 Å². The molecule has 3 atom stereocenters. The van der Waals surface area contributed by atoms with Gasteiger partial charge in [0.1, 0.15) is 18.1 Å². The molecule has 2 heterocycles. The van der Waals surface area contributed by atoms with E-state index >= 15 is 0 Å². The van der Waals surface area contributed by atoms with Gasteiger partial charge in [-0.25, -0.2) is 0 Å². The van der Waals surface area contributed by atoms with Crippen LogP contribution in [0.3, 0.4) is 0 Å². The van der Waals surface area contributed by atoms with Crippen molar-refractivity contribution in [3.05, 3.63) is 70.8 Å². The number of benzene rings is 2. The Hall–Kier alpha value is -1.64. The van der Waals surface area contributed by atoms with Crippen LogP contribution in [0.1, 0.15) is 49.1 Å². The lowest BCUT2D eigenvalue weighted by molar-refractivity contribution is -0.996.